The molecule has 2 N–H and O–H groups in total. The molecule has 0 radical (unpaired) electrons. The van der Waals surface area contributed by atoms with Crippen molar-refractivity contribution < 1.29 is 9.53 Å². The summed E-state index contributed by atoms with van der Waals surface area (Å²) in [5.74, 6) is 1.40. The molecule has 0 saturated carbocycles. The van der Waals surface area contributed by atoms with E-state index in [4.69, 9.17) is 4.74 Å². The van der Waals surface area contributed by atoms with Crippen LogP contribution in [0.25, 0.3) is 0 Å². The molecule has 1 aliphatic rings. The fourth-order valence-corrected chi connectivity index (χ4v) is 2.67. The van der Waals surface area contributed by atoms with Crippen LogP contribution in [0, 0.1) is 5.92 Å². The van der Waals surface area contributed by atoms with Crippen LogP contribution in [-0.4, -0.2) is 31.1 Å². The molecule has 1 aromatic carbocycles. The molecule has 1 saturated heterocycles. The van der Waals surface area contributed by atoms with Gasteiger partial charge >= 0.3 is 0 Å². The zero-order valence-electron chi connectivity index (χ0n) is 13.2. The predicted octanol–water partition coefficient (Wildman–Crippen LogP) is 2.13. The maximum atomic E-state index is 12.2. The minimum Gasteiger partial charge on any atom is -0.491 e. The zero-order valence-corrected chi connectivity index (χ0v) is 13.2. The average molecular weight is 290 g/mol. The monoisotopic (exact) mass is 290 g/mol. The van der Waals surface area contributed by atoms with Gasteiger partial charge in [-0.2, -0.15) is 0 Å². The van der Waals surface area contributed by atoms with E-state index in [0.717, 1.165) is 30.8 Å². The van der Waals surface area contributed by atoms with Gasteiger partial charge in [0.15, 0.2) is 0 Å². The summed E-state index contributed by atoms with van der Waals surface area (Å²) in [7, 11) is 0. The molecule has 2 rings (SSSR count). The van der Waals surface area contributed by atoms with Crippen molar-refractivity contribution in [3.05, 3.63) is 29.8 Å². The minimum absolute atomic E-state index is 0.0930. The summed E-state index contributed by atoms with van der Waals surface area (Å²) in [5.41, 5.74) is 0.993. The number of nitrogens with one attached hydrogen (secondary N) is 2. The topological polar surface area (TPSA) is 50.4 Å². The molecule has 21 heavy (non-hydrogen) atoms. The highest BCUT2D eigenvalue weighted by atomic mass is 16.5. The Labute approximate surface area is 127 Å². The molecule has 0 aromatic heterocycles. The van der Waals surface area contributed by atoms with Crippen LogP contribution >= 0.6 is 0 Å². The Kier molecular flexibility index (Phi) is 5.62. The van der Waals surface area contributed by atoms with Crippen LogP contribution in [0.15, 0.2) is 24.3 Å². The van der Waals surface area contributed by atoms with Gasteiger partial charge in [0, 0.05) is 6.04 Å². The maximum absolute atomic E-state index is 12.2. The highest BCUT2D eigenvalue weighted by molar-refractivity contribution is 5.79. The molecule has 2 unspecified atom stereocenters. The van der Waals surface area contributed by atoms with Gasteiger partial charge in [-0.25, -0.2) is 0 Å². The number of ether oxygens (including phenoxy) is 1. The minimum atomic E-state index is 0.0930. The predicted molar refractivity (Wildman–Crippen MR) is 84.5 cm³/mol. The third-order valence-electron chi connectivity index (χ3n) is 3.77. The lowest BCUT2D eigenvalue weighted by atomic mass is 9.95. The quantitative estimate of drug-likeness (QED) is 0.873. The van der Waals surface area contributed by atoms with Crippen molar-refractivity contribution in [2.45, 2.75) is 45.8 Å². The third-order valence-corrected chi connectivity index (χ3v) is 3.77. The van der Waals surface area contributed by atoms with E-state index >= 15 is 0 Å². The van der Waals surface area contributed by atoms with Crippen LogP contribution in [0.5, 0.6) is 5.75 Å². The van der Waals surface area contributed by atoms with E-state index in [0.29, 0.717) is 12.3 Å². The molecule has 4 heteroatoms. The molecule has 1 aliphatic heterocycles. The molecular formula is C17H26N2O2. The van der Waals surface area contributed by atoms with Crippen molar-refractivity contribution in [3.8, 4) is 5.75 Å². The van der Waals surface area contributed by atoms with Gasteiger partial charge in [-0.3, -0.25) is 4.79 Å². The van der Waals surface area contributed by atoms with Crippen LogP contribution in [0.3, 0.4) is 0 Å². The van der Waals surface area contributed by atoms with Gasteiger partial charge < -0.3 is 15.4 Å². The highest BCUT2D eigenvalue weighted by Crippen LogP contribution is 2.16. The first-order valence-electron chi connectivity index (χ1n) is 7.80. The van der Waals surface area contributed by atoms with Crippen molar-refractivity contribution in [3.63, 3.8) is 0 Å². The molecule has 2 atom stereocenters. The van der Waals surface area contributed by atoms with Gasteiger partial charge in [0.1, 0.15) is 5.75 Å². The van der Waals surface area contributed by atoms with Gasteiger partial charge in [0.2, 0.25) is 5.91 Å². The Morgan fingerprint density at radius 1 is 1.48 bits per heavy atom. The van der Waals surface area contributed by atoms with Crippen molar-refractivity contribution in [2.75, 3.05) is 13.1 Å². The molecule has 0 aliphatic carbocycles. The zero-order chi connectivity index (χ0) is 15.2. The molecule has 0 bridgehead atoms. The number of hydrogen-bond acceptors (Lipinski definition) is 3. The maximum Gasteiger partial charge on any atom is 0.224 e. The van der Waals surface area contributed by atoms with E-state index in [1.165, 1.54) is 0 Å². The van der Waals surface area contributed by atoms with Crippen molar-refractivity contribution >= 4 is 5.91 Å². The van der Waals surface area contributed by atoms with Crippen LogP contribution in [0.1, 0.15) is 32.8 Å². The van der Waals surface area contributed by atoms with Crippen LogP contribution in [0.4, 0.5) is 0 Å². The molecule has 4 nitrogen and oxygen atoms in total. The summed E-state index contributed by atoms with van der Waals surface area (Å²) in [6.45, 7) is 8.12. The van der Waals surface area contributed by atoms with Crippen LogP contribution in [0.2, 0.25) is 0 Å². The van der Waals surface area contributed by atoms with Gasteiger partial charge in [-0.15, -0.1) is 0 Å². The van der Waals surface area contributed by atoms with E-state index in [9.17, 15) is 4.79 Å². The summed E-state index contributed by atoms with van der Waals surface area (Å²) in [5, 5.41) is 6.50. The lowest BCUT2D eigenvalue weighted by Crippen LogP contribution is -2.48. The van der Waals surface area contributed by atoms with Gasteiger partial charge in [0.25, 0.3) is 0 Å². The Balaban J connectivity index is 1.90. The summed E-state index contributed by atoms with van der Waals surface area (Å²) in [6, 6.07) is 8.07. The molecule has 1 heterocycles. The first-order chi connectivity index (χ1) is 10.0. The number of piperidine rings is 1. The summed E-state index contributed by atoms with van der Waals surface area (Å²) in [6.07, 6.45) is 1.56. The van der Waals surface area contributed by atoms with E-state index in [2.05, 4.69) is 17.6 Å². The summed E-state index contributed by atoms with van der Waals surface area (Å²) >= 11 is 0. The van der Waals surface area contributed by atoms with Gasteiger partial charge in [-0.1, -0.05) is 19.1 Å². The second-order valence-electron chi connectivity index (χ2n) is 6.13. The van der Waals surface area contributed by atoms with Crippen LogP contribution in [-0.2, 0) is 11.2 Å². The normalized spacial score (nSPS) is 22.1. The smallest absolute Gasteiger partial charge is 0.224 e. The van der Waals surface area contributed by atoms with E-state index in [1.54, 1.807) is 0 Å². The third kappa shape index (κ3) is 5.05. The van der Waals surface area contributed by atoms with E-state index in [1.807, 2.05) is 38.1 Å². The number of benzene rings is 1. The van der Waals surface area contributed by atoms with Crippen molar-refractivity contribution in [1.82, 2.24) is 10.6 Å². The number of carbonyl (C=O) groups is 1. The summed E-state index contributed by atoms with van der Waals surface area (Å²) in [4.78, 5) is 12.2. The Morgan fingerprint density at radius 2 is 2.29 bits per heavy atom. The van der Waals surface area contributed by atoms with E-state index < -0.39 is 0 Å². The SMILES string of the molecule is CC(C)Oc1cccc(CC(=O)NC2CCNCC2C)c1. The first kappa shape index (κ1) is 15.8. The van der Waals surface area contributed by atoms with Crippen molar-refractivity contribution in [1.29, 1.82) is 0 Å². The highest BCUT2D eigenvalue weighted by Gasteiger charge is 2.22. The van der Waals surface area contributed by atoms with Crippen molar-refractivity contribution in [2.24, 2.45) is 5.92 Å². The summed E-state index contributed by atoms with van der Waals surface area (Å²) < 4.78 is 5.66. The Hall–Kier alpha value is -1.55. The number of carbonyl (C=O) groups excluding carboxylic acids is 1. The Bertz CT molecular complexity index is 474. The molecule has 0 spiro atoms. The number of hydrogen-bond donors (Lipinski definition) is 2. The standard InChI is InChI=1S/C17H26N2O2/c1-12(2)21-15-6-4-5-14(9-15)10-17(20)19-16-7-8-18-11-13(16)3/h4-6,9,12-13,16,18H,7-8,10-11H2,1-3H3,(H,19,20). The lowest BCUT2D eigenvalue weighted by molar-refractivity contribution is -0.121. The largest absolute Gasteiger partial charge is 0.491 e. The lowest BCUT2D eigenvalue weighted by Gasteiger charge is -2.30. The van der Waals surface area contributed by atoms with Gasteiger partial charge in [0.05, 0.1) is 12.5 Å². The molecular weight excluding hydrogens is 264 g/mol. The second kappa shape index (κ2) is 7.46. The molecule has 1 amide bonds. The van der Waals surface area contributed by atoms with Gasteiger partial charge in [-0.05, 0) is 57.0 Å². The number of rotatable bonds is 5. The number of amides is 1. The van der Waals surface area contributed by atoms with Crippen LogP contribution < -0.4 is 15.4 Å². The average Bonchev–Trinajstić information content (AvgIpc) is 2.41. The molecule has 1 fully saturated rings. The first-order valence-corrected chi connectivity index (χ1v) is 7.80. The molecule has 1 aromatic rings. The Morgan fingerprint density at radius 3 is 3.00 bits per heavy atom. The van der Waals surface area contributed by atoms with E-state index in [-0.39, 0.29) is 18.1 Å². The fourth-order valence-electron chi connectivity index (χ4n) is 2.67. The fraction of sp³-hybridized carbons (Fsp3) is 0.588. The second-order valence-corrected chi connectivity index (χ2v) is 6.13. The molecule has 116 valence electrons.